The number of nitrogens with one attached hydrogen (secondary N) is 1. The molecule has 1 atom stereocenters. The molecular weight excluding hydrogens is 306 g/mol. The molecule has 2 aromatic rings. The highest BCUT2D eigenvalue weighted by Gasteiger charge is 2.21. The quantitative estimate of drug-likeness (QED) is 0.881. The summed E-state index contributed by atoms with van der Waals surface area (Å²) in [5, 5.41) is 6.58. The first-order chi connectivity index (χ1) is 11.7. The summed E-state index contributed by atoms with van der Waals surface area (Å²) in [4.78, 5) is 14.5. The highest BCUT2D eigenvalue weighted by Crippen LogP contribution is 2.18. The predicted octanol–water partition coefficient (Wildman–Crippen LogP) is 2.33. The lowest BCUT2D eigenvalue weighted by Crippen LogP contribution is -2.40. The number of ether oxygens (including phenoxy) is 1. The molecule has 0 saturated carbocycles. The number of benzene rings is 1. The Hall–Kier alpha value is -2.34. The molecule has 0 unspecified atom stereocenters. The van der Waals surface area contributed by atoms with Gasteiger partial charge in [0.25, 0.3) is 11.8 Å². The third-order valence-electron chi connectivity index (χ3n) is 4.32. The standard InChI is InChI=1S/C18H23N3O3/c1-23-17-10-16(24-20-17)18(22)19-11-15-8-5-9-21(13-15)12-14-6-3-2-4-7-14/h2-4,6-7,10,15H,5,8-9,11-13H2,1H3,(H,19,22)/t15-/m0/s1. The largest absolute Gasteiger partial charge is 0.479 e. The fourth-order valence-corrected chi connectivity index (χ4v) is 3.09. The fraction of sp³-hybridized carbons (Fsp3) is 0.444. The number of hydrogen-bond acceptors (Lipinski definition) is 5. The van der Waals surface area contributed by atoms with Gasteiger partial charge in [0.2, 0.25) is 5.76 Å². The molecule has 0 aliphatic carbocycles. The molecule has 0 bridgehead atoms. The first-order valence-corrected chi connectivity index (χ1v) is 8.30. The minimum atomic E-state index is -0.244. The third kappa shape index (κ3) is 4.35. The van der Waals surface area contributed by atoms with Crippen molar-refractivity contribution in [2.24, 2.45) is 5.92 Å². The van der Waals surface area contributed by atoms with Crippen molar-refractivity contribution in [2.75, 3.05) is 26.7 Å². The number of carbonyl (C=O) groups is 1. The highest BCUT2D eigenvalue weighted by atomic mass is 16.5. The topological polar surface area (TPSA) is 67.6 Å². The molecule has 128 valence electrons. The van der Waals surface area contributed by atoms with Gasteiger partial charge in [-0.05, 0) is 36.0 Å². The van der Waals surface area contributed by atoms with Crippen LogP contribution in [0.4, 0.5) is 0 Å². The monoisotopic (exact) mass is 329 g/mol. The van der Waals surface area contributed by atoms with E-state index < -0.39 is 0 Å². The van der Waals surface area contributed by atoms with Crippen molar-refractivity contribution in [3.05, 3.63) is 47.7 Å². The van der Waals surface area contributed by atoms with E-state index in [4.69, 9.17) is 9.26 Å². The van der Waals surface area contributed by atoms with Gasteiger partial charge in [-0.2, -0.15) is 0 Å². The molecule has 2 heterocycles. The van der Waals surface area contributed by atoms with E-state index in [-0.39, 0.29) is 11.7 Å². The lowest BCUT2D eigenvalue weighted by molar-refractivity contribution is 0.0894. The van der Waals surface area contributed by atoms with Crippen molar-refractivity contribution >= 4 is 5.91 Å². The van der Waals surface area contributed by atoms with Crippen LogP contribution in [0.15, 0.2) is 40.9 Å². The number of aromatic nitrogens is 1. The summed E-state index contributed by atoms with van der Waals surface area (Å²) in [6, 6.07) is 12.0. The number of piperidine rings is 1. The minimum Gasteiger partial charge on any atom is -0.479 e. The van der Waals surface area contributed by atoms with Gasteiger partial charge in [-0.3, -0.25) is 9.69 Å². The van der Waals surface area contributed by atoms with Crippen LogP contribution in [-0.4, -0.2) is 42.7 Å². The zero-order valence-electron chi connectivity index (χ0n) is 13.9. The summed E-state index contributed by atoms with van der Waals surface area (Å²) in [6.07, 6.45) is 2.29. The molecule has 1 N–H and O–H groups in total. The van der Waals surface area contributed by atoms with Crippen LogP contribution in [0.5, 0.6) is 5.88 Å². The second kappa shape index (κ2) is 7.97. The van der Waals surface area contributed by atoms with Crippen molar-refractivity contribution < 1.29 is 14.1 Å². The Bertz CT molecular complexity index is 657. The third-order valence-corrected chi connectivity index (χ3v) is 4.32. The molecule has 1 amide bonds. The van der Waals surface area contributed by atoms with Crippen LogP contribution in [0.3, 0.4) is 0 Å². The molecule has 1 fully saturated rings. The number of methoxy groups -OCH3 is 1. The van der Waals surface area contributed by atoms with Gasteiger partial charge in [0.1, 0.15) is 0 Å². The van der Waals surface area contributed by atoms with Gasteiger partial charge in [0, 0.05) is 19.6 Å². The molecule has 1 saturated heterocycles. The molecule has 1 aromatic carbocycles. The molecule has 0 spiro atoms. The summed E-state index contributed by atoms with van der Waals surface area (Å²) >= 11 is 0. The van der Waals surface area contributed by atoms with Crippen LogP contribution in [0, 0.1) is 5.92 Å². The summed E-state index contributed by atoms with van der Waals surface area (Å²) in [7, 11) is 1.49. The first-order valence-electron chi connectivity index (χ1n) is 8.30. The van der Waals surface area contributed by atoms with Gasteiger partial charge in [-0.25, -0.2) is 0 Å². The number of likely N-dealkylation sites (tertiary alicyclic amines) is 1. The molecule has 1 aromatic heterocycles. The normalized spacial score (nSPS) is 18.3. The van der Waals surface area contributed by atoms with Gasteiger partial charge in [-0.15, -0.1) is 0 Å². The number of amides is 1. The molecule has 1 aliphatic rings. The second-order valence-electron chi connectivity index (χ2n) is 6.17. The Balaban J connectivity index is 1.47. The zero-order valence-corrected chi connectivity index (χ0v) is 13.9. The Kier molecular flexibility index (Phi) is 5.48. The highest BCUT2D eigenvalue weighted by molar-refractivity contribution is 5.91. The van der Waals surface area contributed by atoms with E-state index in [0.29, 0.717) is 18.3 Å². The molecule has 0 radical (unpaired) electrons. The smallest absolute Gasteiger partial charge is 0.290 e. The first kappa shape index (κ1) is 16.5. The van der Waals surface area contributed by atoms with Crippen molar-refractivity contribution in [3.8, 4) is 5.88 Å². The summed E-state index contributed by atoms with van der Waals surface area (Å²) in [6.45, 7) is 3.71. The number of hydrogen-bond donors (Lipinski definition) is 1. The minimum absolute atomic E-state index is 0.184. The number of carbonyl (C=O) groups excluding carboxylic acids is 1. The van der Waals surface area contributed by atoms with E-state index in [2.05, 4.69) is 39.6 Å². The lowest BCUT2D eigenvalue weighted by Gasteiger charge is -2.32. The van der Waals surface area contributed by atoms with Crippen LogP contribution < -0.4 is 10.1 Å². The SMILES string of the molecule is COc1cc(C(=O)NC[C@@H]2CCCN(Cc3ccccc3)C2)on1. The maximum absolute atomic E-state index is 12.1. The Morgan fingerprint density at radius 2 is 2.25 bits per heavy atom. The summed E-state index contributed by atoms with van der Waals surface area (Å²) in [5.41, 5.74) is 1.33. The van der Waals surface area contributed by atoms with E-state index in [1.165, 1.54) is 18.7 Å². The predicted molar refractivity (Wildman–Crippen MR) is 89.8 cm³/mol. The average molecular weight is 329 g/mol. The van der Waals surface area contributed by atoms with Gasteiger partial charge in [0.05, 0.1) is 13.2 Å². The van der Waals surface area contributed by atoms with E-state index >= 15 is 0 Å². The maximum Gasteiger partial charge on any atom is 0.290 e. The van der Waals surface area contributed by atoms with Gasteiger partial charge >= 0.3 is 0 Å². The van der Waals surface area contributed by atoms with Gasteiger partial charge < -0.3 is 14.6 Å². The van der Waals surface area contributed by atoms with Crippen LogP contribution in [0.1, 0.15) is 29.0 Å². The van der Waals surface area contributed by atoms with E-state index in [1.54, 1.807) is 0 Å². The Morgan fingerprint density at radius 3 is 3.00 bits per heavy atom. The van der Waals surface area contributed by atoms with Gasteiger partial charge in [-0.1, -0.05) is 30.3 Å². The Morgan fingerprint density at radius 1 is 1.42 bits per heavy atom. The van der Waals surface area contributed by atoms with Crippen LogP contribution >= 0.6 is 0 Å². The van der Waals surface area contributed by atoms with Crippen molar-refractivity contribution in [1.29, 1.82) is 0 Å². The molecule has 24 heavy (non-hydrogen) atoms. The summed E-state index contributed by atoms with van der Waals surface area (Å²) < 4.78 is 9.88. The van der Waals surface area contributed by atoms with Gasteiger partial charge in [0.15, 0.2) is 0 Å². The molecule has 1 aliphatic heterocycles. The summed E-state index contributed by atoms with van der Waals surface area (Å²) in [5.74, 6) is 0.706. The van der Waals surface area contributed by atoms with Crippen molar-refractivity contribution in [2.45, 2.75) is 19.4 Å². The van der Waals surface area contributed by atoms with E-state index in [9.17, 15) is 4.79 Å². The molecule has 6 heteroatoms. The Labute approximate surface area is 141 Å². The molecule has 3 rings (SSSR count). The maximum atomic E-state index is 12.1. The van der Waals surface area contributed by atoms with Crippen LogP contribution in [0.2, 0.25) is 0 Å². The average Bonchev–Trinajstić information content (AvgIpc) is 3.10. The molecular formula is C18H23N3O3. The second-order valence-corrected chi connectivity index (χ2v) is 6.17. The molecule has 6 nitrogen and oxygen atoms in total. The number of rotatable bonds is 6. The zero-order chi connectivity index (χ0) is 16.8. The van der Waals surface area contributed by atoms with Crippen molar-refractivity contribution in [3.63, 3.8) is 0 Å². The van der Waals surface area contributed by atoms with Crippen LogP contribution in [-0.2, 0) is 6.54 Å². The van der Waals surface area contributed by atoms with Crippen molar-refractivity contribution in [1.82, 2.24) is 15.4 Å². The fourth-order valence-electron chi connectivity index (χ4n) is 3.09. The van der Waals surface area contributed by atoms with Crippen LogP contribution in [0.25, 0.3) is 0 Å². The van der Waals surface area contributed by atoms with E-state index in [1.807, 2.05) is 6.07 Å². The number of nitrogens with zero attached hydrogens (tertiary/aromatic N) is 2. The lowest BCUT2D eigenvalue weighted by atomic mass is 9.97. The van der Waals surface area contributed by atoms with E-state index in [0.717, 1.165) is 32.5 Å².